The van der Waals surface area contributed by atoms with Crippen LogP contribution in [0.4, 0.5) is 0 Å². The smallest absolute Gasteiger partial charge is 0.196 e. The molecular formula is C19H22O2. The van der Waals surface area contributed by atoms with E-state index in [1.54, 1.807) is 7.11 Å². The van der Waals surface area contributed by atoms with Crippen LogP contribution >= 0.6 is 0 Å². The molecule has 0 N–H and O–H groups in total. The minimum Gasteiger partial charge on any atom is -0.496 e. The molecule has 0 amide bonds. The summed E-state index contributed by atoms with van der Waals surface area (Å²) in [5.74, 6) is 1.22. The highest BCUT2D eigenvalue weighted by molar-refractivity contribution is 6.10. The highest BCUT2D eigenvalue weighted by Gasteiger charge is 2.15. The van der Waals surface area contributed by atoms with Gasteiger partial charge in [-0.1, -0.05) is 38.1 Å². The zero-order valence-electron chi connectivity index (χ0n) is 13.1. The van der Waals surface area contributed by atoms with Crippen LogP contribution in [0.3, 0.4) is 0 Å². The van der Waals surface area contributed by atoms with Crippen molar-refractivity contribution in [2.24, 2.45) is 5.92 Å². The van der Waals surface area contributed by atoms with Gasteiger partial charge in [0, 0.05) is 5.56 Å². The number of aryl methyl sites for hydroxylation is 1. The normalized spacial score (nSPS) is 10.7. The lowest BCUT2D eigenvalue weighted by Gasteiger charge is -2.10. The lowest BCUT2D eigenvalue weighted by Crippen LogP contribution is -2.05. The molecule has 0 atom stereocenters. The fourth-order valence-electron chi connectivity index (χ4n) is 2.45. The minimum atomic E-state index is 0.0115. The van der Waals surface area contributed by atoms with E-state index >= 15 is 0 Å². The van der Waals surface area contributed by atoms with Crippen LogP contribution in [0.1, 0.15) is 40.9 Å². The molecule has 0 aliphatic carbocycles. The van der Waals surface area contributed by atoms with Crippen molar-refractivity contribution in [2.75, 3.05) is 7.11 Å². The maximum atomic E-state index is 12.7. The molecule has 0 radical (unpaired) electrons. The van der Waals surface area contributed by atoms with E-state index in [-0.39, 0.29) is 5.78 Å². The summed E-state index contributed by atoms with van der Waals surface area (Å²) in [5, 5.41) is 0. The van der Waals surface area contributed by atoms with Gasteiger partial charge in [-0.25, -0.2) is 0 Å². The van der Waals surface area contributed by atoms with Crippen LogP contribution in [-0.4, -0.2) is 12.9 Å². The first-order valence-electron chi connectivity index (χ1n) is 7.29. The molecular weight excluding hydrogens is 260 g/mol. The molecule has 0 aromatic heterocycles. The number of methoxy groups -OCH3 is 1. The van der Waals surface area contributed by atoms with Gasteiger partial charge < -0.3 is 4.74 Å². The van der Waals surface area contributed by atoms with Gasteiger partial charge in [0.15, 0.2) is 5.78 Å². The second kappa shape index (κ2) is 6.57. The van der Waals surface area contributed by atoms with Gasteiger partial charge in [0.05, 0.1) is 12.7 Å². The molecule has 2 nitrogen and oxygen atoms in total. The fourth-order valence-corrected chi connectivity index (χ4v) is 2.45. The van der Waals surface area contributed by atoms with E-state index in [9.17, 15) is 4.79 Å². The Morgan fingerprint density at radius 1 is 1.14 bits per heavy atom. The largest absolute Gasteiger partial charge is 0.496 e. The molecule has 0 spiro atoms. The first kappa shape index (κ1) is 15.3. The summed E-state index contributed by atoms with van der Waals surface area (Å²) in [6.07, 6.45) is 0.978. The molecule has 0 heterocycles. The molecule has 0 saturated heterocycles. The Balaban J connectivity index is 2.36. The average Bonchev–Trinajstić information content (AvgIpc) is 2.46. The van der Waals surface area contributed by atoms with Crippen molar-refractivity contribution in [3.63, 3.8) is 0 Å². The molecule has 21 heavy (non-hydrogen) atoms. The van der Waals surface area contributed by atoms with Crippen LogP contribution < -0.4 is 4.74 Å². The first-order chi connectivity index (χ1) is 10.0. The third kappa shape index (κ3) is 3.72. The maximum Gasteiger partial charge on any atom is 0.196 e. The van der Waals surface area contributed by atoms with Gasteiger partial charge >= 0.3 is 0 Å². The van der Waals surface area contributed by atoms with Gasteiger partial charge in [-0.2, -0.15) is 0 Å². The van der Waals surface area contributed by atoms with Crippen LogP contribution in [-0.2, 0) is 6.42 Å². The number of ketones is 1. The van der Waals surface area contributed by atoms with Gasteiger partial charge in [-0.05, 0) is 48.6 Å². The van der Waals surface area contributed by atoms with E-state index in [1.807, 2.05) is 43.3 Å². The van der Waals surface area contributed by atoms with Crippen LogP contribution in [0.5, 0.6) is 5.75 Å². The molecule has 0 unspecified atom stereocenters. The van der Waals surface area contributed by atoms with Crippen LogP contribution in [0, 0.1) is 12.8 Å². The van der Waals surface area contributed by atoms with Crippen LogP contribution in [0.2, 0.25) is 0 Å². The molecule has 0 aliphatic rings. The number of hydrogen-bond acceptors (Lipinski definition) is 2. The van der Waals surface area contributed by atoms with Gasteiger partial charge in [-0.15, -0.1) is 0 Å². The van der Waals surface area contributed by atoms with Gasteiger partial charge in [0.2, 0.25) is 0 Å². The predicted molar refractivity (Wildman–Crippen MR) is 86.1 cm³/mol. The minimum absolute atomic E-state index is 0.0115. The Bertz CT molecular complexity index is 642. The van der Waals surface area contributed by atoms with Gasteiger partial charge in [-0.3, -0.25) is 4.79 Å². The Labute approximate surface area is 126 Å². The molecule has 110 valence electrons. The summed E-state index contributed by atoms with van der Waals surface area (Å²) in [6, 6.07) is 13.5. The number of hydrogen-bond donors (Lipinski definition) is 0. The Morgan fingerprint density at radius 3 is 2.57 bits per heavy atom. The van der Waals surface area contributed by atoms with Crippen molar-refractivity contribution < 1.29 is 9.53 Å². The molecule has 0 aliphatic heterocycles. The van der Waals surface area contributed by atoms with Crippen molar-refractivity contribution in [1.82, 2.24) is 0 Å². The van der Waals surface area contributed by atoms with E-state index in [2.05, 4.69) is 19.9 Å². The zero-order valence-corrected chi connectivity index (χ0v) is 13.1. The first-order valence-corrected chi connectivity index (χ1v) is 7.29. The van der Waals surface area contributed by atoms with Gasteiger partial charge in [0.25, 0.3) is 0 Å². The van der Waals surface area contributed by atoms with Crippen molar-refractivity contribution in [2.45, 2.75) is 27.2 Å². The summed E-state index contributed by atoms with van der Waals surface area (Å²) in [7, 11) is 1.60. The SMILES string of the molecule is COc1cc(C)ccc1C(=O)c1cccc(CC(C)C)c1. The van der Waals surface area contributed by atoms with E-state index in [4.69, 9.17) is 4.74 Å². The number of rotatable bonds is 5. The van der Waals surface area contributed by atoms with Gasteiger partial charge in [0.1, 0.15) is 5.75 Å². The highest BCUT2D eigenvalue weighted by atomic mass is 16.5. The molecule has 2 aromatic carbocycles. The standard InChI is InChI=1S/C19H22O2/c1-13(2)10-15-6-5-7-16(12-15)19(20)17-9-8-14(3)11-18(17)21-4/h5-9,11-13H,10H2,1-4H3. The van der Waals surface area contributed by atoms with Crippen LogP contribution in [0.25, 0.3) is 0 Å². The van der Waals surface area contributed by atoms with Crippen molar-refractivity contribution >= 4 is 5.78 Å². The predicted octanol–water partition coefficient (Wildman–Crippen LogP) is 4.43. The lowest BCUT2D eigenvalue weighted by molar-refractivity contribution is 0.103. The van der Waals surface area contributed by atoms with E-state index in [1.165, 1.54) is 5.56 Å². The molecule has 0 bridgehead atoms. The summed E-state index contributed by atoms with van der Waals surface area (Å²) in [4.78, 5) is 12.7. The van der Waals surface area contributed by atoms with E-state index in [0.717, 1.165) is 17.5 Å². The second-order valence-corrected chi connectivity index (χ2v) is 5.83. The van der Waals surface area contributed by atoms with Crippen LogP contribution in [0.15, 0.2) is 42.5 Å². The quantitative estimate of drug-likeness (QED) is 0.758. The van der Waals surface area contributed by atoms with Crippen molar-refractivity contribution in [3.05, 3.63) is 64.7 Å². The molecule has 2 aromatic rings. The van der Waals surface area contributed by atoms with E-state index < -0.39 is 0 Å². The summed E-state index contributed by atoms with van der Waals surface area (Å²) in [5.41, 5.74) is 3.61. The maximum absolute atomic E-state index is 12.7. The topological polar surface area (TPSA) is 26.3 Å². The Morgan fingerprint density at radius 2 is 1.90 bits per heavy atom. The Hall–Kier alpha value is -2.09. The van der Waals surface area contributed by atoms with E-state index in [0.29, 0.717) is 17.2 Å². The Kier molecular flexibility index (Phi) is 4.79. The number of ether oxygens (including phenoxy) is 1. The molecule has 0 saturated carbocycles. The lowest BCUT2D eigenvalue weighted by atomic mass is 9.96. The molecule has 2 rings (SSSR count). The second-order valence-electron chi connectivity index (χ2n) is 5.83. The molecule has 0 fully saturated rings. The summed E-state index contributed by atoms with van der Waals surface area (Å²) in [6.45, 7) is 6.34. The zero-order chi connectivity index (χ0) is 15.4. The fraction of sp³-hybridized carbons (Fsp3) is 0.316. The monoisotopic (exact) mass is 282 g/mol. The third-order valence-corrected chi connectivity index (χ3v) is 3.43. The third-order valence-electron chi connectivity index (χ3n) is 3.43. The molecule has 2 heteroatoms. The number of carbonyl (C=O) groups is 1. The number of benzene rings is 2. The van der Waals surface area contributed by atoms with Crippen molar-refractivity contribution in [1.29, 1.82) is 0 Å². The summed E-state index contributed by atoms with van der Waals surface area (Å²) < 4.78 is 5.34. The van der Waals surface area contributed by atoms with Crippen molar-refractivity contribution in [3.8, 4) is 5.75 Å². The highest BCUT2D eigenvalue weighted by Crippen LogP contribution is 2.23. The number of carbonyl (C=O) groups excluding carboxylic acids is 1. The average molecular weight is 282 g/mol. The summed E-state index contributed by atoms with van der Waals surface area (Å²) >= 11 is 0.